The number of likely N-dealkylation sites (tertiary alicyclic amines) is 1. The molecule has 1 fully saturated rings. The van der Waals surface area contributed by atoms with Crippen LogP contribution < -0.4 is 5.32 Å². The molecular weight excluding hydrogens is 236 g/mol. The highest BCUT2D eigenvalue weighted by Gasteiger charge is 2.30. The molecule has 0 amide bonds. The molecule has 0 aromatic rings. The fraction of sp³-hybridized carbons (Fsp3) is 1.00. The number of hydrogen-bond acceptors (Lipinski definition) is 3. The fourth-order valence-corrected chi connectivity index (χ4v) is 2.79. The molecule has 0 aliphatic carbocycles. The molecule has 3 heteroatoms. The van der Waals surface area contributed by atoms with Crippen molar-refractivity contribution in [3.63, 3.8) is 0 Å². The van der Waals surface area contributed by atoms with Crippen LogP contribution in [0, 0.1) is 11.3 Å². The minimum absolute atomic E-state index is 0.306. The Morgan fingerprint density at radius 1 is 1.37 bits per heavy atom. The third-order valence-electron chi connectivity index (χ3n) is 4.40. The SMILES string of the molecule is CCCNC(CN1CCC(C)C(OC)C1)C(C)(C)C. The second-order valence-corrected chi connectivity index (χ2v) is 7.17. The molecule has 0 aromatic heterocycles. The van der Waals surface area contributed by atoms with Crippen molar-refractivity contribution in [3.05, 3.63) is 0 Å². The van der Waals surface area contributed by atoms with Crippen LogP contribution in [0.4, 0.5) is 0 Å². The molecule has 3 unspecified atom stereocenters. The topological polar surface area (TPSA) is 24.5 Å². The van der Waals surface area contributed by atoms with Gasteiger partial charge in [0.25, 0.3) is 0 Å². The van der Waals surface area contributed by atoms with Crippen molar-refractivity contribution in [1.29, 1.82) is 0 Å². The average Bonchev–Trinajstić information content (AvgIpc) is 2.35. The molecule has 3 nitrogen and oxygen atoms in total. The van der Waals surface area contributed by atoms with E-state index < -0.39 is 0 Å². The number of methoxy groups -OCH3 is 1. The van der Waals surface area contributed by atoms with Crippen molar-refractivity contribution < 1.29 is 4.74 Å². The van der Waals surface area contributed by atoms with E-state index in [0.29, 0.717) is 23.5 Å². The van der Waals surface area contributed by atoms with Crippen LogP contribution in [-0.4, -0.2) is 50.3 Å². The van der Waals surface area contributed by atoms with Gasteiger partial charge in [-0.25, -0.2) is 0 Å². The summed E-state index contributed by atoms with van der Waals surface area (Å²) in [6.45, 7) is 16.1. The summed E-state index contributed by atoms with van der Waals surface area (Å²) in [5.74, 6) is 0.693. The van der Waals surface area contributed by atoms with Gasteiger partial charge in [0, 0.05) is 26.2 Å². The Hall–Kier alpha value is -0.120. The van der Waals surface area contributed by atoms with Gasteiger partial charge in [0.1, 0.15) is 0 Å². The Morgan fingerprint density at radius 3 is 2.58 bits per heavy atom. The maximum absolute atomic E-state index is 5.62. The quantitative estimate of drug-likeness (QED) is 0.803. The first-order chi connectivity index (χ1) is 8.88. The van der Waals surface area contributed by atoms with Gasteiger partial charge in [0.15, 0.2) is 0 Å². The van der Waals surface area contributed by atoms with E-state index in [1.807, 2.05) is 7.11 Å². The standard InChI is InChI=1S/C16H34N2O/c1-7-9-17-15(16(3,4)5)12-18-10-8-13(2)14(11-18)19-6/h13-15,17H,7-12H2,1-6H3. The minimum Gasteiger partial charge on any atom is -0.380 e. The van der Waals surface area contributed by atoms with Crippen LogP contribution in [0.2, 0.25) is 0 Å². The Kier molecular flexibility index (Phi) is 6.78. The molecule has 1 heterocycles. The van der Waals surface area contributed by atoms with Crippen LogP contribution in [0.3, 0.4) is 0 Å². The van der Waals surface area contributed by atoms with E-state index in [4.69, 9.17) is 4.74 Å². The molecule has 1 saturated heterocycles. The van der Waals surface area contributed by atoms with E-state index in [2.05, 4.69) is 44.8 Å². The number of rotatable bonds is 6. The average molecular weight is 270 g/mol. The van der Waals surface area contributed by atoms with Gasteiger partial charge in [-0.2, -0.15) is 0 Å². The van der Waals surface area contributed by atoms with Gasteiger partial charge in [-0.05, 0) is 37.3 Å². The van der Waals surface area contributed by atoms with Gasteiger partial charge >= 0.3 is 0 Å². The molecule has 114 valence electrons. The highest BCUT2D eigenvalue weighted by molar-refractivity contribution is 4.87. The summed E-state index contributed by atoms with van der Waals surface area (Å²) in [4.78, 5) is 2.58. The Balaban J connectivity index is 2.54. The predicted molar refractivity (Wildman–Crippen MR) is 82.6 cm³/mol. The third kappa shape index (κ3) is 5.41. The Morgan fingerprint density at radius 2 is 2.05 bits per heavy atom. The van der Waals surface area contributed by atoms with Gasteiger partial charge in [0.2, 0.25) is 0 Å². The van der Waals surface area contributed by atoms with Crippen molar-refractivity contribution in [2.75, 3.05) is 33.3 Å². The molecule has 19 heavy (non-hydrogen) atoms. The van der Waals surface area contributed by atoms with E-state index in [0.717, 1.165) is 19.6 Å². The molecular formula is C16H34N2O. The van der Waals surface area contributed by atoms with E-state index >= 15 is 0 Å². The summed E-state index contributed by atoms with van der Waals surface area (Å²) in [6, 6.07) is 0.554. The molecule has 3 atom stereocenters. The van der Waals surface area contributed by atoms with Gasteiger partial charge in [-0.1, -0.05) is 34.6 Å². The van der Waals surface area contributed by atoms with Crippen LogP contribution in [0.5, 0.6) is 0 Å². The minimum atomic E-state index is 0.306. The third-order valence-corrected chi connectivity index (χ3v) is 4.40. The number of piperidine rings is 1. The second kappa shape index (κ2) is 7.61. The first-order valence-corrected chi connectivity index (χ1v) is 7.87. The normalized spacial score (nSPS) is 27.5. The lowest BCUT2D eigenvalue weighted by Gasteiger charge is -2.41. The lowest BCUT2D eigenvalue weighted by atomic mass is 9.85. The molecule has 1 N–H and O–H groups in total. The number of ether oxygens (including phenoxy) is 1. The van der Waals surface area contributed by atoms with Gasteiger partial charge in [-0.15, -0.1) is 0 Å². The van der Waals surface area contributed by atoms with Crippen LogP contribution >= 0.6 is 0 Å². The highest BCUT2D eigenvalue weighted by Crippen LogP contribution is 2.24. The van der Waals surface area contributed by atoms with Crippen molar-refractivity contribution in [3.8, 4) is 0 Å². The Bertz CT molecular complexity index is 250. The largest absolute Gasteiger partial charge is 0.380 e. The lowest BCUT2D eigenvalue weighted by molar-refractivity contribution is -0.0114. The van der Waals surface area contributed by atoms with Crippen LogP contribution in [0.1, 0.15) is 47.5 Å². The van der Waals surface area contributed by atoms with Crippen molar-refractivity contribution in [1.82, 2.24) is 10.2 Å². The number of hydrogen-bond donors (Lipinski definition) is 1. The molecule has 1 rings (SSSR count). The highest BCUT2D eigenvalue weighted by atomic mass is 16.5. The zero-order chi connectivity index (χ0) is 14.5. The summed E-state index contributed by atoms with van der Waals surface area (Å²) in [7, 11) is 1.85. The second-order valence-electron chi connectivity index (χ2n) is 7.17. The smallest absolute Gasteiger partial charge is 0.0724 e. The fourth-order valence-electron chi connectivity index (χ4n) is 2.79. The van der Waals surface area contributed by atoms with Gasteiger partial charge in [0.05, 0.1) is 6.10 Å². The van der Waals surface area contributed by atoms with E-state index in [9.17, 15) is 0 Å². The maximum atomic E-state index is 5.62. The summed E-state index contributed by atoms with van der Waals surface area (Å²) in [5.41, 5.74) is 0.306. The monoisotopic (exact) mass is 270 g/mol. The lowest BCUT2D eigenvalue weighted by Crippen LogP contribution is -2.53. The first kappa shape index (κ1) is 16.9. The first-order valence-electron chi connectivity index (χ1n) is 7.87. The van der Waals surface area contributed by atoms with Crippen molar-refractivity contribution in [2.45, 2.75) is 59.6 Å². The molecule has 0 saturated carbocycles. The summed E-state index contributed by atoms with van der Waals surface area (Å²) < 4.78 is 5.62. The summed E-state index contributed by atoms with van der Waals surface area (Å²) in [6.07, 6.45) is 2.86. The predicted octanol–water partition coefficient (Wildman–Crippen LogP) is 2.76. The zero-order valence-corrected chi connectivity index (χ0v) is 13.8. The van der Waals surface area contributed by atoms with Crippen molar-refractivity contribution >= 4 is 0 Å². The van der Waals surface area contributed by atoms with E-state index in [1.165, 1.54) is 19.4 Å². The molecule has 0 bridgehead atoms. The summed E-state index contributed by atoms with van der Waals surface area (Å²) >= 11 is 0. The van der Waals surface area contributed by atoms with E-state index in [-0.39, 0.29) is 0 Å². The van der Waals surface area contributed by atoms with Gasteiger partial charge in [-0.3, -0.25) is 4.90 Å². The molecule has 0 spiro atoms. The Labute approximate surface area is 120 Å². The van der Waals surface area contributed by atoms with Crippen LogP contribution in [0.25, 0.3) is 0 Å². The zero-order valence-electron chi connectivity index (χ0n) is 13.8. The molecule has 0 aromatic carbocycles. The van der Waals surface area contributed by atoms with Crippen LogP contribution in [0.15, 0.2) is 0 Å². The summed E-state index contributed by atoms with van der Waals surface area (Å²) in [5, 5.41) is 3.72. The van der Waals surface area contributed by atoms with Crippen molar-refractivity contribution in [2.24, 2.45) is 11.3 Å². The molecule has 1 aliphatic heterocycles. The molecule has 0 radical (unpaired) electrons. The van der Waals surface area contributed by atoms with Gasteiger partial charge < -0.3 is 10.1 Å². The number of nitrogens with one attached hydrogen (secondary N) is 1. The van der Waals surface area contributed by atoms with E-state index in [1.54, 1.807) is 0 Å². The maximum Gasteiger partial charge on any atom is 0.0724 e. The number of nitrogens with zero attached hydrogens (tertiary/aromatic N) is 1. The molecule has 1 aliphatic rings. The van der Waals surface area contributed by atoms with Crippen LogP contribution in [-0.2, 0) is 4.74 Å².